The van der Waals surface area contributed by atoms with E-state index in [9.17, 15) is 9.90 Å². The third-order valence-corrected chi connectivity index (χ3v) is 5.26. The number of aromatic nitrogens is 4. The van der Waals surface area contributed by atoms with E-state index in [1.165, 1.54) is 9.25 Å². The Morgan fingerprint density at radius 3 is 2.55 bits per heavy atom. The fourth-order valence-electron chi connectivity index (χ4n) is 3.67. The number of aryl methyl sites for hydroxylation is 2. The second kappa shape index (κ2) is 6.84. The van der Waals surface area contributed by atoms with Crippen LogP contribution < -0.4 is 10.4 Å². The summed E-state index contributed by atoms with van der Waals surface area (Å²) < 4.78 is 10.2. The molecule has 0 amide bonds. The molecule has 7 nitrogen and oxygen atoms in total. The molecule has 0 radical (unpaired) electrons. The van der Waals surface area contributed by atoms with Crippen LogP contribution in [0.5, 0.6) is 11.5 Å². The Kier molecular flexibility index (Phi) is 4.45. The number of ether oxygens (including phenoxy) is 1. The Morgan fingerprint density at radius 1 is 1.10 bits per heavy atom. The lowest BCUT2D eigenvalue weighted by Crippen LogP contribution is -2.21. The summed E-state index contributed by atoms with van der Waals surface area (Å²) in [6.07, 6.45) is 1.98. The largest absolute Gasteiger partial charge is 0.507 e. The number of aromatic hydroxyl groups is 1. The van der Waals surface area contributed by atoms with Gasteiger partial charge in [0.25, 0.3) is 0 Å². The number of phenols is 1. The molecule has 0 bridgehead atoms. The zero-order valence-corrected chi connectivity index (χ0v) is 17.2. The zero-order chi connectivity index (χ0) is 20.9. The maximum Gasteiger partial charge on any atom is 0.350 e. The molecule has 0 aliphatic rings. The average Bonchev–Trinajstić information content (AvgIpc) is 3.20. The highest BCUT2D eigenvalue weighted by Crippen LogP contribution is 2.38. The molecule has 4 rings (SSSR count). The van der Waals surface area contributed by atoms with E-state index >= 15 is 0 Å². The second-order valence-electron chi connectivity index (χ2n) is 7.50. The van der Waals surface area contributed by atoms with Crippen LogP contribution in [-0.2, 0) is 14.1 Å². The number of phenolic OH excluding ortho intramolecular Hbond substituents is 1. The van der Waals surface area contributed by atoms with Crippen molar-refractivity contribution in [3.63, 3.8) is 0 Å². The van der Waals surface area contributed by atoms with Gasteiger partial charge in [0.05, 0.1) is 18.4 Å². The summed E-state index contributed by atoms with van der Waals surface area (Å²) in [6, 6.07) is 11.2. The van der Waals surface area contributed by atoms with Crippen LogP contribution in [0.2, 0.25) is 0 Å². The van der Waals surface area contributed by atoms with Gasteiger partial charge in [-0.05, 0) is 41.8 Å². The van der Waals surface area contributed by atoms with Gasteiger partial charge in [0, 0.05) is 37.3 Å². The summed E-state index contributed by atoms with van der Waals surface area (Å²) in [5, 5.41) is 16.1. The molecule has 2 aromatic carbocycles. The molecular formula is C22H24N4O3. The molecule has 2 heterocycles. The summed E-state index contributed by atoms with van der Waals surface area (Å²) in [4.78, 5) is 12.9. The van der Waals surface area contributed by atoms with Crippen LogP contribution >= 0.6 is 0 Å². The molecule has 29 heavy (non-hydrogen) atoms. The van der Waals surface area contributed by atoms with Crippen molar-refractivity contribution in [2.45, 2.75) is 19.8 Å². The SMILES string of the molecule is COc1cc(O)c(-c2nn(C)c(=O)n2-c2ccc3c(ccn3C)c2)cc1C(C)C. The van der Waals surface area contributed by atoms with Crippen molar-refractivity contribution in [1.82, 2.24) is 18.9 Å². The van der Waals surface area contributed by atoms with E-state index < -0.39 is 0 Å². The Labute approximate surface area is 168 Å². The van der Waals surface area contributed by atoms with Gasteiger partial charge in [0.2, 0.25) is 0 Å². The lowest BCUT2D eigenvalue weighted by atomic mass is 9.98. The number of nitrogens with zero attached hydrogens (tertiary/aromatic N) is 4. The van der Waals surface area contributed by atoms with Gasteiger partial charge in [-0.1, -0.05) is 13.8 Å². The molecule has 150 valence electrons. The normalized spacial score (nSPS) is 11.5. The molecule has 0 atom stereocenters. The third-order valence-electron chi connectivity index (χ3n) is 5.26. The minimum absolute atomic E-state index is 0.0129. The van der Waals surface area contributed by atoms with Crippen molar-refractivity contribution in [3.05, 3.63) is 58.6 Å². The fraction of sp³-hybridized carbons (Fsp3) is 0.273. The molecule has 0 fully saturated rings. The first-order valence-corrected chi connectivity index (χ1v) is 9.44. The number of rotatable bonds is 4. The average molecular weight is 392 g/mol. The smallest absolute Gasteiger partial charge is 0.350 e. The van der Waals surface area contributed by atoms with Gasteiger partial charge in [0.15, 0.2) is 5.82 Å². The van der Waals surface area contributed by atoms with Gasteiger partial charge in [-0.25, -0.2) is 14.0 Å². The topological polar surface area (TPSA) is 74.2 Å². The van der Waals surface area contributed by atoms with E-state index in [-0.39, 0.29) is 17.4 Å². The number of hydrogen-bond donors (Lipinski definition) is 1. The van der Waals surface area contributed by atoms with E-state index in [1.54, 1.807) is 20.2 Å². The van der Waals surface area contributed by atoms with E-state index in [4.69, 9.17) is 4.74 Å². The lowest BCUT2D eigenvalue weighted by Gasteiger charge is -2.15. The van der Waals surface area contributed by atoms with Crippen molar-refractivity contribution in [2.75, 3.05) is 7.11 Å². The van der Waals surface area contributed by atoms with E-state index in [2.05, 4.69) is 5.10 Å². The number of hydrogen-bond acceptors (Lipinski definition) is 4. The van der Waals surface area contributed by atoms with Crippen molar-refractivity contribution in [3.8, 4) is 28.6 Å². The summed E-state index contributed by atoms with van der Waals surface area (Å²) in [5.41, 5.74) is 2.90. The van der Waals surface area contributed by atoms with Crippen molar-refractivity contribution in [2.24, 2.45) is 14.1 Å². The highest BCUT2D eigenvalue weighted by atomic mass is 16.5. The van der Waals surface area contributed by atoms with Crippen LogP contribution in [-0.4, -0.2) is 31.1 Å². The summed E-state index contributed by atoms with van der Waals surface area (Å²) in [6.45, 7) is 4.10. The van der Waals surface area contributed by atoms with Crippen LogP contribution in [0, 0.1) is 0 Å². The molecule has 1 N–H and O–H groups in total. The van der Waals surface area contributed by atoms with Gasteiger partial charge in [0.1, 0.15) is 11.5 Å². The Balaban J connectivity index is 1.98. The van der Waals surface area contributed by atoms with Crippen molar-refractivity contribution < 1.29 is 9.84 Å². The third kappa shape index (κ3) is 2.99. The molecule has 0 saturated heterocycles. The highest BCUT2D eigenvalue weighted by Gasteiger charge is 2.21. The Morgan fingerprint density at radius 2 is 1.86 bits per heavy atom. The van der Waals surface area contributed by atoms with Gasteiger partial charge < -0.3 is 14.4 Å². The van der Waals surface area contributed by atoms with Gasteiger partial charge in [-0.3, -0.25) is 0 Å². The summed E-state index contributed by atoms with van der Waals surface area (Å²) in [5.74, 6) is 1.18. The molecule has 7 heteroatoms. The van der Waals surface area contributed by atoms with E-state index in [0.717, 1.165) is 16.5 Å². The van der Waals surface area contributed by atoms with E-state index in [1.807, 2.05) is 62.0 Å². The molecule has 0 aliphatic heterocycles. The van der Waals surface area contributed by atoms with Gasteiger partial charge in [-0.2, -0.15) is 0 Å². The molecule has 0 saturated carbocycles. The van der Waals surface area contributed by atoms with E-state index in [0.29, 0.717) is 22.8 Å². The van der Waals surface area contributed by atoms with Crippen LogP contribution in [0.25, 0.3) is 28.0 Å². The lowest BCUT2D eigenvalue weighted by molar-refractivity contribution is 0.401. The number of benzene rings is 2. The predicted molar refractivity (Wildman–Crippen MR) is 113 cm³/mol. The number of methoxy groups -OCH3 is 1. The fourth-order valence-corrected chi connectivity index (χ4v) is 3.67. The quantitative estimate of drug-likeness (QED) is 0.576. The zero-order valence-electron chi connectivity index (χ0n) is 17.2. The first-order chi connectivity index (χ1) is 13.8. The monoisotopic (exact) mass is 392 g/mol. The highest BCUT2D eigenvalue weighted by molar-refractivity contribution is 5.82. The summed E-state index contributed by atoms with van der Waals surface area (Å²) in [7, 11) is 5.16. The molecular weight excluding hydrogens is 368 g/mol. The van der Waals surface area contributed by atoms with Crippen molar-refractivity contribution in [1.29, 1.82) is 0 Å². The van der Waals surface area contributed by atoms with Crippen LogP contribution in [0.1, 0.15) is 25.3 Å². The van der Waals surface area contributed by atoms with Crippen molar-refractivity contribution >= 4 is 10.9 Å². The van der Waals surface area contributed by atoms with Crippen LogP contribution in [0.15, 0.2) is 47.4 Å². The first kappa shape index (κ1) is 18.9. The van der Waals surface area contributed by atoms with Gasteiger partial charge >= 0.3 is 5.69 Å². The molecule has 0 aliphatic carbocycles. The van der Waals surface area contributed by atoms with Crippen LogP contribution in [0.3, 0.4) is 0 Å². The molecule has 4 aromatic rings. The minimum atomic E-state index is -0.281. The summed E-state index contributed by atoms with van der Waals surface area (Å²) >= 11 is 0. The Bertz CT molecular complexity index is 1280. The van der Waals surface area contributed by atoms with Crippen LogP contribution in [0.4, 0.5) is 0 Å². The maximum absolute atomic E-state index is 12.9. The standard InChI is InChI=1S/C22H24N4O3/c1-13(2)16-11-17(19(27)12-20(16)29-5)21-23-25(4)22(28)26(21)15-6-7-18-14(10-15)8-9-24(18)3/h6-13,27H,1-5H3. The minimum Gasteiger partial charge on any atom is -0.507 e. The molecule has 0 unspecified atom stereocenters. The first-order valence-electron chi connectivity index (χ1n) is 9.44. The molecule has 2 aromatic heterocycles. The second-order valence-corrected chi connectivity index (χ2v) is 7.50. The maximum atomic E-state index is 12.9. The predicted octanol–water partition coefficient (Wildman–Crippen LogP) is 3.57. The Hall–Kier alpha value is -3.48. The molecule has 0 spiro atoms. The number of fused-ring (bicyclic) bond motifs is 1. The van der Waals surface area contributed by atoms with Gasteiger partial charge in [-0.15, -0.1) is 5.10 Å².